The quantitative estimate of drug-likeness (QED) is 0.523. The summed E-state index contributed by atoms with van der Waals surface area (Å²) in [6, 6.07) is 14.4. The summed E-state index contributed by atoms with van der Waals surface area (Å²) < 4.78 is 0. The standard InChI is InChI=1S/C20H20N4O3/c1-13(25)23-15-6-8-16(9-7-15)24-20(27)19(26)21-11-10-14-12-22-18-5-3-2-4-17(14)18/h2-9,12,22H,10-11H2,1H3,(H,21,26)(H,23,25)(H,24,27). The number of amides is 3. The molecule has 3 amide bonds. The topological polar surface area (TPSA) is 103 Å². The highest BCUT2D eigenvalue weighted by Gasteiger charge is 2.13. The SMILES string of the molecule is CC(=O)Nc1ccc(NC(=O)C(=O)NCCc2c[nH]c3ccccc23)cc1. The van der Waals surface area contributed by atoms with Crippen molar-refractivity contribution < 1.29 is 14.4 Å². The Kier molecular flexibility index (Phi) is 5.51. The lowest BCUT2D eigenvalue weighted by atomic mass is 10.1. The molecule has 0 unspecified atom stereocenters. The first kappa shape index (κ1) is 18.2. The van der Waals surface area contributed by atoms with Gasteiger partial charge in [-0.05, 0) is 42.3 Å². The predicted octanol–water partition coefficient (Wildman–Crippen LogP) is 2.42. The number of H-pyrrole nitrogens is 1. The summed E-state index contributed by atoms with van der Waals surface area (Å²) in [4.78, 5) is 38.1. The monoisotopic (exact) mass is 364 g/mol. The van der Waals surface area contributed by atoms with Gasteiger partial charge in [-0.1, -0.05) is 18.2 Å². The fraction of sp³-hybridized carbons (Fsp3) is 0.150. The van der Waals surface area contributed by atoms with E-state index in [1.807, 2.05) is 30.5 Å². The van der Waals surface area contributed by atoms with Crippen LogP contribution in [-0.4, -0.2) is 29.3 Å². The van der Waals surface area contributed by atoms with Crippen LogP contribution in [0.15, 0.2) is 54.7 Å². The second-order valence-corrected chi connectivity index (χ2v) is 6.08. The van der Waals surface area contributed by atoms with E-state index in [1.54, 1.807) is 24.3 Å². The molecule has 27 heavy (non-hydrogen) atoms. The zero-order valence-corrected chi connectivity index (χ0v) is 14.8. The van der Waals surface area contributed by atoms with Gasteiger partial charge in [0.2, 0.25) is 5.91 Å². The zero-order chi connectivity index (χ0) is 19.2. The average molecular weight is 364 g/mol. The van der Waals surface area contributed by atoms with E-state index in [-0.39, 0.29) is 5.91 Å². The smallest absolute Gasteiger partial charge is 0.313 e. The van der Waals surface area contributed by atoms with Gasteiger partial charge >= 0.3 is 11.8 Å². The van der Waals surface area contributed by atoms with Crippen molar-refractivity contribution in [3.8, 4) is 0 Å². The Bertz CT molecular complexity index is 976. The minimum atomic E-state index is -0.735. The normalized spacial score (nSPS) is 10.4. The van der Waals surface area contributed by atoms with Crippen LogP contribution in [0.3, 0.4) is 0 Å². The van der Waals surface area contributed by atoms with Gasteiger partial charge in [0.1, 0.15) is 0 Å². The second-order valence-electron chi connectivity index (χ2n) is 6.08. The number of aromatic nitrogens is 1. The molecule has 0 spiro atoms. The summed E-state index contributed by atoms with van der Waals surface area (Å²) in [6.45, 7) is 1.77. The molecule has 0 aliphatic heterocycles. The van der Waals surface area contributed by atoms with Crippen molar-refractivity contribution in [2.45, 2.75) is 13.3 Å². The molecule has 0 fully saturated rings. The molecule has 0 radical (unpaired) electrons. The van der Waals surface area contributed by atoms with Crippen LogP contribution in [0.5, 0.6) is 0 Å². The number of fused-ring (bicyclic) bond motifs is 1. The third-order valence-electron chi connectivity index (χ3n) is 4.02. The Morgan fingerprint density at radius 1 is 0.889 bits per heavy atom. The number of benzene rings is 2. The summed E-state index contributed by atoms with van der Waals surface area (Å²) in [5.74, 6) is -1.61. The largest absolute Gasteiger partial charge is 0.361 e. The Labute approximate surface area is 156 Å². The molecule has 4 N–H and O–H groups in total. The highest BCUT2D eigenvalue weighted by Crippen LogP contribution is 2.17. The van der Waals surface area contributed by atoms with Gasteiger partial charge < -0.3 is 20.9 Å². The average Bonchev–Trinajstić information content (AvgIpc) is 3.06. The van der Waals surface area contributed by atoms with E-state index in [1.165, 1.54) is 6.92 Å². The number of anilines is 2. The Balaban J connectivity index is 1.49. The van der Waals surface area contributed by atoms with E-state index < -0.39 is 11.8 Å². The number of carbonyl (C=O) groups is 3. The molecule has 138 valence electrons. The Morgan fingerprint density at radius 2 is 1.56 bits per heavy atom. The molecular weight excluding hydrogens is 344 g/mol. The predicted molar refractivity (Wildman–Crippen MR) is 104 cm³/mol. The van der Waals surface area contributed by atoms with Gasteiger partial charge in [-0.15, -0.1) is 0 Å². The van der Waals surface area contributed by atoms with Gasteiger partial charge in [0.25, 0.3) is 0 Å². The van der Waals surface area contributed by atoms with Crippen LogP contribution in [0.1, 0.15) is 12.5 Å². The van der Waals surface area contributed by atoms with Crippen LogP contribution in [0, 0.1) is 0 Å². The minimum absolute atomic E-state index is 0.179. The molecule has 0 saturated carbocycles. The van der Waals surface area contributed by atoms with Crippen LogP contribution in [-0.2, 0) is 20.8 Å². The molecule has 0 aliphatic carbocycles. The molecular formula is C20H20N4O3. The number of aromatic amines is 1. The lowest BCUT2D eigenvalue weighted by molar-refractivity contribution is -0.136. The maximum atomic E-state index is 12.0. The van der Waals surface area contributed by atoms with Crippen LogP contribution in [0.25, 0.3) is 10.9 Å². The summed E-state index contributed by atoms with van der Waals surface area (Å²) in [7, 11) is 0. The fourth-order valence-electron chi connectivity index (χ4n) is 2.76. The number of para-hydroxylation sites is 1. The van der Waals surface area contributed by atoms with E-state index in [2.05, 4.69) is 20.9 Å². The van der Waals surface area contributed by atoms with E-state index in [4.69, 9.17) is 0 Å². The van der Waals surface area contributed by atoms with Crippen LogP contribution < -0.4 is 16.0 Å². The van der Waals surface area contributed by atoms with E-state index >= 15 is 0 Å². The molecule has 3 rings (SSSR count). The van der Waals surface area contributed by atoms with Gasteiger partial charge in [-0.25, -0.2) is 0 Å². The number of carbonyl (C=O) groups excluding carboxylic acids is 3. The Hall–Kier alpha value is -3.61. The number of nitrogens with one attached hydrogen (secondary N) is 4. The maximum absolute atomic E-state index is 12.0. The molecule has 0 saturated heterocycles. The van der Waals surface area contributed by atoms with Crippen LogP contribution in [0.2, 0.25) is 0 Å². The van der Waals surface area contributed by atoms with E-state index in [9.17, 15) is 14.4 Å². The molecule has 7 heteroatoms. The summed E-state index contributed by atoms with van der Waals surface area (Å²) in [5, 5.41) is 8.88. The summed E-state index contributed by atoms with van der Waals surface area (Å²) in [6.07, 6.45) is 2.53. The summed E-state index contributed by atoms with van der Waals surface area (Å²) in [5.41, 5.74) is 3.21. The third kappa shape index (κ3) is 4.72. The van der Waals surface area contributed by atoms with Crippen molar-refractivity contribution in [2.75, 3.05) is 17.2 Å². The van der Waals surface area contributed by atoms with Crippen molar-refractivity contribution in [2.24, 2.45) is 0 Å². The van der Waals surface area contributed by atoms with Crippen molar-refractivity contribution in [3.05, 3.63) is 60.3 Å². The first-order valence-electron chi connectivity index (χ1n) is 8.55. The first-order valence-corrected chi connectivity index (χ1v) is 8.55. The van der Waals surface area contributed by atoms with Crippen molar-refractivity contribution in [3.63, 3.8) is 0 Å². The zero-order valence-electron chi connectivity index (χ0n) is 14.8. The first-order chi connectivity index (χ1) is 13.0. The van der Waals surface area contributed by atoms with Crippen LogP contribution >= 0.6 is 0 Å². The maximum Gasteiger partial charge on any atom is 0.313 e. The van der Waals surface area contributed by atoms with E-state index in [0.29, 0.717) is 24.3 Å². The van der Waals surface area contributed by atoms with Gasteiger partial charge in [0.15, 0.2) is 0 Å². The van der Waals surface area contributed by atoms with Crippen molar-refractivity contribution >= 4 is 40.0 Å². The number of rotatable bonds is 5. The highest BCUT2D eigenvalue weighted by molar-refractivity contribution is 6.39. The third-order valence-corrected chi connectivity index (χ3v) is 4.02. The Morgan fingerprint density at radius 3 is 2.26 bits per heavy atom. The molecule has 3 aromatic rings. The number of hydrogen-bond donors (Lipinski definition) is 4. The molecule has 0 bridgehead atoms. The number of hydrogen-bond acceptors (Lipinski definition) is 3. The van der Waals surface area contributed by atoms with Gasteiger partial charge in [0, 0.05) is 41.9 Å². The van der Waals surface area contributed by atoms with Crippen LogP contribution in [0.4, 0.5) is 11.4 Å². The van der Waals surface area contributed by atoms with Gasteiger partial charge in [-0.2, -0.15) is 0 Å². The molecule has 0 aliphatic rings. The highest BCUT2D eigenvalue weighted by atomic mass is 16.2. The lowest BCUT2D eigenvalue weighted by Gasteiger charge is -2.07. The van der Waals surface area contributed by atoms with Crippen molar-refractivity contribution in [1.82, 2.24) is 10.3 Å². The van der Waals surface area contributed by atoms with Crippen molar-refractivity contribution in [1.29, 1.82) is 0 Å². The van der Waals surface area contributed by atoms with Gasteiger partial charge in [0.05, 0.1) is 0 Å². The molecule has 0 atom stereocenters. The summed E-state index contributed by atoms with van der Waals surface area (Å²) >= 11 is 0. The fourth-order valence-corrected chi connectivity index (χ4v) is 2.76. The molecule has 2 aromatic carbocycles. The lowest BCUT2D eigenvalue weighted by Crippen LogP contribution is -2.36. The minimum Gasteiger partial charge on any atom is -0.361 e. The molecule has 1 aromatic heterocycles. The molecule has 1 heterocycles. The molecule has 7 nitrogen and oxygen atoms in total. The van der Waals surface area contributed by atoms with Gasteiger partial charge in [-0.3, -0.25) is 14.4 Å². The van der Waals surface area contributed by atoms with E-state index in [0.717, 1.165) is 16.5 Å². The second kappa shape index (κ2) is 8.18.